The number of hydrogen-bond acceptors (Lipinski definition) is 5. The van der Waals surface area contributed by atoms with Gasteiger partial charge in [-0.15, -0.1) is 0 Å². The van der Waals surface area contributed by atoms with Crippen molar-refractivity contribution in [2.75, 3.05) is 23.0 Å². The van der Waals surface area contributed by atoms with Crippen LogP contribution in [-0.4, -0.2) is 59.7 Å². The first-order chi connectivity index (χ1) is 14.6. The van der Waals surface area contributed by atoms with Crippen molar-refractivity contribution in [1.29, 1.82) is 0 Å². The first-order valence-corrected chi connectivity index (χ1v) is 12.0. The van der Waals surface area contributed by atoms with E-state index in [2.05, 4.69) is 0 Å². The molecule has 0 bridgehead atoms. The zero-order chi connectivity index (χ0) is 22.5. The number of anilines is 1. The van der Waals surface area contributed by atoms with Gasteiger partial charge in [-0.3, -0.25) is 19.4 Å². The summed E-state index contributed by atoms with van der Waals surface area (Å²) in [4.78, 5) is 41.1. The molecule has 3 heterocycles. The largest absolute Gasteiger partial charge is 0.344 e. The quantitative estimate of drug-likeness (QED) is 0.523. The molecule has 1 aromatic carbocycles. The first kappa shape index (κ1) is 21.3. The normalized spacial score (nSPS) is 23.1. The molecule has 9 heteroatoms. The minimum Gasteiger partial charge on any atom is -0.344 e. The smallest absolute Gasteiger partial charge is 0.332 e. The number of imide groups is 1. The topological polar surface area (TPSA) is 96.8 Å². The number of carbonyl (C=O) groups is 3. The summed E-state index contributed by atoms with van der Waals surface area (Å²) in [5.74, 6) is -0.562. The summed E-state index contributed by atoms with van der Waals surface area (Å²) in [5.41, 5.74) is 2.47. The molecular formula is C22H25N3O5S. The highest BCUT2D eigenvalue weighted by Crippen LogP contribution is 2.30. The molecule has 0 aliphatic carbocycles. The van der Waals surface area contributed by atoms with Crippen LogP contribution in [0.1, 0.15) is 41.1 Å². The number of aryl methyl sites for hydroxylation is 1. The Bertz CT molecular complexity index is 1170. The van der Waals surface area contributed by atoms with Crippen LogP contribution in [0.15, 0.2) is 36.4 Å². The number of urea groups is 1. The number of nitrogens with zero attached hydrogens (tertiary/aromatic N) is 3. The zero-order valence-corrected chi connectivity index (χ0v) is 18.6. The molecule has 164 valence electrons. The van der Waals surface area contributed by atoms with Gasteiger partial charge in [-0.2, -0.15) is 0 Å². The number of benzene rings is 1. The SMILES string of the molecule is Cc1cc(C(=O)CN2C(=O)C(C)N(c3ccccc3)C2=O)c(C)n1C1CCS(=O)(=O)C1. The van der Waals surface area contributed by atoms with Gasteiger partial charge in [0.05, 0.1) is 18.1 Å². The molecule has 2 atom stereocenters. The molecule has 3 amide bonds. The lowest BCUT2D eigenvalue weighted by Crippen LogP contribution is -2.37. The van der Waals surface area contributed by atoms with Gasteiger partial charge >= 0.3 is 6.03 Å². The maximum atomic E-state index is 13.1. The van der Waals surface area contributed by atoms with E-state index in [0.29, 0.717) is 23.4 Å². The minimum atomic E-state index is -3.07. The molecular weight excluding hydrogens is 418 g/mol. The molecule has 2 aliphatic heterocycles. The van der Waals surface area contributed by atoms with Crippen LogP contribution in [0.5, 0.6) is 0 Å². The number of hydrogen-bond donors (Lipinski definition) is 0. The lowest BCUT2D eigenvalue weighted by molar-refractivity contribution is -0.126. The van der Waals surface area contributed by atoms with Crippen LogP contribution in [0.4, 0.5) is 10.5 Å². The van der Waals surface area contributed by atoms with Crippen molar-refractivity contribution in [2.24, 2.45) is 0 Å². The summed E-state index contributed by atoms with van der Waals surface area (Å²) < 4.78 is 25.7. The number of sulfone groups is 1. The third kappa shape index (κ3) is 3.67. The maximum Gasteiger partial charge on any atom is 0.332 e. The van der Waals surface area contributed by atoms with Crippen LogP contribution < -0.4 is 4.90 Å². The van der Waals surface area contributed by atoms with Crippen molar-refractivity contribution in [1.82, 2.24) is 9.47 Å². The van der Waals surface area contributed by atoms with E-state index in [1.807, 2.05) is 17.6 Å². The second kappa shape index (κ2) is 7.64. The number of amides is 3. The van der Waals surface area contributed by atoms with Crippen molar-refractivity contribution < 1.29 is 22.8 Å². The van der Waals surface area contributed by atoms with Crippen LogP contribution in [0.2, 0.25) is 0 Å². The Hall–Kier alpha value is -2.94. The van der Waals surface area contributed by atoms with E-state index in [1.54, 1.807) is 44.2 Å². The zero-order valence-electron chi connectivity index (χ0n) is 17.7. The van der Waals surface area contributed by atoms with E-state index in [0.717, 1.165) is 10.6 Å². The fourth-order valence-corrected chi connectivity index (χ4v) is 6.32. The van der Waals surface area contributed by atoms with Gasteiger partial charge in [-0.05, 0) is 45.4 Å². The Kier molecular flexibility index (Phi) is 5.25. The standard InChI is InChI=1S/C22H25N3O5S/c1-14-11-19(15(2)24(14)18-9-10-31(29,30)13-18)20(26)12-23-21(27)16(3)25(22(23)28)17-7-5-4-6-8-17/h4-8,11,16,18H,9-10,12-13H2,1-3H3. The van der Waals surface area contributed by atoms with E-state index < -0.39 is 27.8 Å². The second-order valence-electron chi connectivity index (χ2n) is 8.22. The molecule has 2 aromatic rings. The predicted octanol–water partition coefficient (Wildman–Crippen LogP) is 2.50. The summed E-state index contributed by atoms with van der Waals surface area (Å²) in [7, 11) is -3.07. The maximum absolute atomic E-state index is 13.1. The molecule has 2 saturated heterocycles. The van der Waals surface area contributed by atoms with E-state index >= 15 is 0 Å². The summed E-state index contributed by atoms with van der Waals surface area (Å²) in [6.45, 7) is 4.90. The van der Waals surface area contributed by atoms with E-state index in [-0.39, 0.29) is 29.9 Å². The summed E-state index contributed by atoms with van der Waals surface area (Å²) in [6, 6.07) is 9.18. The third-order valence-electron chi connectivity index (χ3n) is 6.14. The van der Waals surface area contributed by atoms with Crippen molar-refractivity contribution in [3.8, 4) is 0 Å². The number of para-hydroxylation sites is 1. The van der Waals surface area contributed by atoms with Gasteiger partial charge in [0.2, 0.25) is 0 Å². The fraction of sp³-hybridized carbons (Fsp3) is 0.409. The number of rotatable bonds is 5. The van der Waals surface area contributed by atoms with Crippen LogP contribution in [-0.2, 0) is 14.6 Å². The average Bonchev–Trinajstić information content (AvgIpc) is 3.29. The van der Waals surface area contributed by atoms with Crippen LogP contribution in [0.25, 0.3) is 0 Å². The van der Waals surface area contributed by atoms with Crippen molar-refractivity contribution in [2.45, 2.75) is 39.3 Å². The Morgan fingerprint density at radius 2 is 1.81 bits per heavy atom. The van der Waals surface area contributed by atoms with E-state index in [4.69, 9.17) is 0 Å². The molecule has 4 rings (SSSR count). The monoisotopic (exact) mass is 443 g/mol. The van der Waals surface area contributed by atoms with Gasteiger partial charge in [-0.1, -0.05) is 18.2 Å². The number of ketones is 1. The van der Waals surface area contributed by atoms with Crippen molar-refractivity contribution >= 4 is 33.2 Å². The minimum absolute atomic E-state index is 0.0592. The lowest BCUT2D eigenvalue weighted by atomic mass is 10.1. The number of aromatic nitrogens is 1. The first-order valence-electron chi connectivity index (χ1n) is 10.2. The molecule has 2 unspecified atom stereocenters. The molecule has 0 radical (unpaired) electrons. The molecule has 0 N–H and O–H groups in total. The molecule has 1 aromatic heterocycles. The molecule has 2 aliphatic rings. The average molecular weight is 444 g/mol. The van der Waals surface area contributed by atoms with Gasteiger partial charge in [0, 0.05) is 28.7 Å². The van der Waals surface area contributed by atoms with Gasteiger partial charge < -0.3 is 4.57 Å². The van der Waals surface area contributed by atoms with Crippen molar-refractivity contribution in [3.05, 3.63) is 53.3 Å². The Morgan fingerprint density at radius 1 is 1.13 bits per heavy atom. The Labute approximate surface area is 181 Å². The van der Waals surface area contributed by atoms with E-state index in [1.165, 1.54) is 4.90 Å². The summed E-state index contributed by atoms with van der Waals surface area (Å²) >= 11 is 0. The van der Waals surface area contributed by atoms with E-state index in [9.17, 15) is 22.8 Å². The van der Waals surface area contributed by atoms with Crippen LogP contribution >= 0.6 is 0 Å². The summed E-state index contributed by atoms with van der Waals surface area (Å²) in [6.07, 6.45) is 0.513. The van der Waals surface area contributed by atoms with Crippen molar-refractivity contribution in [3.63, 3.8) is 0 Å². The van der Waals surface area contributed by atoms with Gasteiger partial charge in [-0.25, -0.2) is 13.2 Å². The van der Waals surface area contributed by atoms with Gasteiger partial charge in [0.25, 0.3) is 5.91 Å². The molecule has 2 fully saturated rings. The predicted molar refractivity (Wildman–Crippen MR) is 116 cm³/mol. The second-order valence-corrected chi connectivity index (χ2v) is 10.5. The highest BCUT2D eigenvalue weighted by molar-refractivity contribution is 7.91. The highest BCUT2D eigenvalue weighted by Gasteiger charge is 2.44. The molecule has 31 heavy (non-hydrogen) atoms. The number of carbonyl (C=O) groups excluding carboxylic acids is 3. The lowest BCUT2D eigenvalue weighted by Gasteiger charge is -2.19. The van der Waals surface area contributed by atoms with Crippen LogP contribution in [0, 0.1) is 13.8 Å². The summed E-state index contributed by atoms with van der Waals surface area (Å²) in [5, 5.41) is 0. The fourth-order valence-electron chi connectivity index (χ4n) is 4.62. The van der Waals surface area contributed by atoms with Gasteiger partial charge in [0.15, 0.2) is 15.6 Å². The Morgan fingerprint density at radius 3 is 2.42 bits per heavy atom. The highest BCUT2D eigenvalue weighted by atomic mass is 32.2. The molecule has 8 nitrogen and oxygen atoms in total. The number of Topliss-reactive ketones (excluding diaryl/α,β-unsaturated/α-hetero) is 1. The van der Waals surface area contributed by atoms with Gasteiger partial charge in [0.1, 0.15) is 6.04 Å². The molecule has 0 saturated carbocycles. The third-order valence-corrected chi connectivity index (χ3v) is 7.89. The van der Waals surface area contributed by atoms with Crippen LogP contribution in [0.3, 0.4) is 0 Å². The Balaban J connectivity index is 1.57. The molecule has 0 spiro atoms.